The summed E-state index contributed by atoms with van der Waals surface area (Å²) >= 11 is 0. The third kappa shape index (κ3) is 2.97. The Bertz CT molecular complexity index is 757. The van der Waals surface area contributed by atoms with Crippen LogP contribution in [0.1, 0.15) is 30.4 Å². The van der Waals surface area contributed by atoms with Gasteiger partial charge in [-0.2, -0.15) is 0 Å². The number of anilines is 1. The van der Waals surface area contributed by atoms with E-state index in [9.17, 15) is 14.7 Å². The van der Waals surface area contributed by atoms with Crippen molar-refractivity contribution in [3.8, 4) is 5.75 Å². The molecule has 24 heavy (non-hydrogen) atoms. The van der Waals surface area contributed by atoms with Crippen molar-refractivity contribution in [2.75, 3.05) is 11.5 Å². The molecule has 1 heterocycles. The highest BCUT2D eigenvalue weighted by Gasteiger charge is 2.40. The molecule has 3 rings (SSSR count). The molecule has 0 unspecified atom stereocenters. The summed E-state index contributed by atoms with van der Waals surface area (Å²) in [6, 6.07) is 14.6. The lowest BCUT2D eigenvalue weighted by molar-refractivity contribution is -0.144. The number of rotatable bonds is 5. The number of hydrogen-bond acceptors (Lipinski definition) is 4. The van der Waals surface area contributed by atoms with E-state index in [0.717, 1.165) is 5.56 Å². The normalized spacial score (nSPS) is 16.1. The van der Waals surface area contributed by atoms with Crippen molar-refractivity contribution >= 4 is 17.6 Å². The predicted molar refractivity (Wildman–Crippen MR) is 89.7 cm³/mol. The zero-order valence-electron chi connectivity index (χ0n) is 13.4. The number of carbonyl (C=O) groups excluding carboxylic acids is 2. The van der Waals surface area contributed by atoms with Crippen molar-refractivity contribution in [1.29, 1.82) is 0 Å². The van der Waals surface area contributed by atoms with Crippen LogP contribution in [0.2, 0.25) is 0 Å². The second-order valence-corrected chi connectivity index (χ2v) is 5.68. The lowest BCUT2D eigenvalue weighted by Crippen LogP contribution is -2.29. The summed E-state index contributed by atoms with van der Waals surface area (Å²) in [7, 11) is 0. The van der Waals surface area contributed by atoms with Gasteiger partial charge in [0.15, 0.2) is 0 Å². The Kier molecular flexibility index (Phi) is 4.51. The first-order valence-corrected chi connectivity index (χ1v) is 7.94. The third-order valence-electron chi connectivity index (χ3n) is 4.12. The minimum absolute atomic E-state index is 0.0331. The molecule has 2 aromatic carbocycles. The second-order valence-electron chi connectivity index (χ2n) is 5.68. The van der Waals surface area contributed by atoms with E-state index in [1.807, 2.05) is 30.3 Å². The van der Waals surface area contributed by atoms with Gasteiger partial charge >= 0.3 is 5.97 Å². The molecule has 0 saturated carbocycles. The van der Waals surface area contributed by atoms with E-state index in [-0.39, 0.29) is 24.7 Å². The fourth-order valence-electron chi connectivity index (χ4n) is 3.07. The van der Waals surface area contributed by atoms with Crippen molar-refractivity contribution in [3.05, 3.63) is 59.7 Å². The molecule has 2 aromatic rings. The molecule has 0 radical (unpaired) electrons. The number of phenolic OH excluding ortho intramolecular Hbond substituents is 1. The molecule has 0 aliphatic carbocycles. The van der Waals surface area contributed by atoms with Crippen molar-refractivity contribution in [3.63, 3.8) is 0 Å². The summed E-state index contributed by atoms with van der Waals surface area (Å²) in [5, 5.41) is 10.2. The number of benzene rings is 2. The van der Waals surface area contributed by atoms with E-state index in [1.54, 1.807) is 24.0 Å². The number of fused-ring (bicyclic) bond motifs is 1. The molecular formula is C19H19NO4. The molecule has 1 amide bonds. The Morgan fingerprint density at radius 3 is 2.62 bits per heavy atom. The third-order valence-corrected chi connectivity index (χ3v) is 4.12. The fourth-order valence-corrected chi connectivity index (χ4v) is 3.07. The number of ether oxygens (including phenoxy) is 1. The van der Waals surface area contributed by atoms with Crippen LogP contribution in [0.3, 0.4) is 0 Å². The zero-order valence-corrected chi connectivity index (χ0v) is 13.4. The Labute approximate surface area is 140 Å². The van der Waals surface area contributed by atoms with Crippen LogP contribution >= 0.6 is 0 Å². The maximum atomic E-state index is 12.9. The van der Waals surface area contributed by atoms with Gasteiger partial charge in [-0.05, 0) is 24.6 Å². The average molecular weight is 325 g/mol. The first-order chi connectivity index (χ1) is 11.6. The molecule has 0 fully saturated rings. The van der Waals surface area contributed by atoms with Crippen LogP contribution in [-0.4, -0.2) is 23.6 Å². The van der Waals surface area contributed by atoms with Gasteiger partial charge in [0.25, 0.3) is 0 Å². The number of nitrogens with zero attached hydrogens (tertiary/aromatic N) is 1. The number of hydrogen-bond donors (Lipinski definition) is 1. The molecule has 5 heteroatoms. The van der Waals surface area contributed by atoms with Crippen LogP contribution in [-0.2, 0) is 20.9 Å². The van der Waals surface area contributed by atoms with Crippen molar-refractivity contribution < 1.29 is 19.4 Å². The molecule has 124 valence electrons. The molecule has 0 bridgehead atoms. The highest BCUT2D eigenvalue weighted by molar-refractivity contribution is 6.07. The first-order valence-electron chi connectivity index (χ1n) is 7.94. The quantitative estimate of drug-likeness (QED) is 0.858. The van der Waals surface area contributed by atoms with Gasteiger partial charge < -0.3 is 14.7 Å². The summed E-state index contributed by atoms with van der Waals surface area (Å²) in [4.78, 5) is 26.3. The monoisotopic (exact) mass is 325 g/mol. The lowest BCUT2D eigenvalue weighted by atomic mass is 9.96. The highest BCUT2D eigenvalue weighted by atomic mass is 16.5. The van der Waals surface area contributed by atoms with Gasteiger partial charge in [0.1, 0.15) is 5.75 Å². The van der Waals surface area contributed by atoms with Crippen LogP contribution in [0, 0.1) is 0 Å². The highest BCUT2D eigenvalue weighted by Crippen LogP contribution is 2.44. The number of aromatic hydroxyl groups is 1. The van der Waals surface area contributed by atoms with E-state index >= 15 is 0 Å². The van der Waals surface area contributed by atoms with Crippen LogP contribution in [0.4, 0.5) is 5.69 Å². The molecule has 1 atom stereocenters. The van der Waals surface area contributed by atoms with Crippen LogP contribution in [0.5, 0.6) is 5.75 Å². The van der Waals surface area contributed by atoms with Gasteiger partial charge in [-0.15, -0.1) is 0 Å². The van der Waals surface area contributed by atoms with E-state index in [2.05, 4.69) is 0 Å². The largest absolute Gasteiger partial charge is 0.508 e. The van der Waals surface area contributed by atoms with Crippen molar-refractivity contribution in [2.45, 2.75) is 25.8 Å². The molecule has 1 aliphatic rings. The molecule has 1 aliphatic heterocycles. The molecule has 1 N–H and O–H groups in total. The zero-order chi connectivity index (χ0) is 17.1. The second kappa shape index (κ2) is 6.74. The van der Waals surface area contributed by atoms with Crippen LogP contribution in [0.15, 0.2) is 48.5 Å². The Morgan fingerprint density at radius 2 is 1.92 bits per heavy atom. The molecular weight excluding hydrogens is 306 g/mol. The lowest BCUT2D eigenvalue weighted by Gasteiger charge is -2.18. The summed E-state index contributed by atoms with van der Waals surface area (Å²) in [6.07, 6.45) is -0.0669. The maximum absolute atomic E-state index is 12.9. The van der Waals surface area contributed by atoms with Gasteiger partial charge in [0, 0.05) is 5.56 Å². The minimum Gasteiger partial charge on any atom is -0.508 e. The maximum Gasteiger partial charge on any atom is 0.306 e. The topological polar surface area (TPSA) is 66.8 Å². The fraction of sp³-hybridized carbons (Fsp3) is 0.263. The number of esters is 1. The van der Waals surface area contributed by atoms with E-state index < -0.39 is 11.9 Å². The van der Waals surface area contributed by atoms with Crippen LogP contribution < -0.4 is 4.90 Å². The van der Waals surface area contributed by atoms with Gasteiger partial charge in [-0.3, -0.25) is 9.59 Å². The van der Waals surface area contributed by atoms with Gasteiger partial charge in [0.2, 0.25) is 5.91 Å². The number of amides is 1. The average Bonchev–Trinajstić information content (AvgIpc) is 2.83. The van der Waals surface area contributed by atoms with E-state index in [1.165, 1.54) is 6.07 Å². The van der Waals surface area contributed by atoms with E-state index in [4.69, 9.17) is 4.74 Å². The Balaban J connectivity index is 1.94. The van der Waals surface area contributed by atoms with Gasteiger partial charge in [0.05, 0.1) is 31.2 Å². The summed E-state index contributed by atoms with van der Waals surface area (Å²) in [6.45, 7) is 2.39. The first kappa shape index (κ1) is 16.1. The predicted octanol–water partition coefficient (Wildman–Crippen LogP) is 2.98. The summed E-state index contributed by atoms with van der Waals surface area (Å²) in [5.41, 5.74) is 2.14. The molecule has 5 nitrogen and oxygen atoms in total. The minimum atomic E-state index is -0.705. The number of phenols is 1. The molecule has 0 aromatic heterocycles. The summed E-state index contributed by atoms with van der Waals surface area (Å²) < 4.78 is 4.97. The van der Waals surface area contributed by atoms with Crippen molar-refractivity contribution in [1.82, 2.24) is 0 Å². The standard InChI is InChI=1S/C19H19NO4/c1-2-24-17(22)11-14-18-15(9-6-10-16(18)21)20(19(14)23)12-13-7-4-3-5-8-13/h3-10,14,21H,2,11-12H2,1H3/t14-/m0/s1. The smallest absolute Gasteiger partial charge is 0.306 e. The van der Waals surface area contributed by atoms with Crippen LogP contribution in [0.25, 0.3) is 0 Å². The van der Waals surface area contributed by atoms with Gasteiger partial charge in [-0.1, -0.05) is 36.4 Å². The Hall–Kier alpha value is -2.82. The summed E-state index contributed by atoms with van der Waals surface area (Å²) in [5.74, 6) is -1.30. The van der Waals surface area contributed by atoms with E-state index in [0.29, 0.717) is 17.8 Å². The van der Waals surface area contributed by atoms with Crippen molar-refractivity contribution in [2.24, 2.45) is 0 Å². The Morgan fingerprint density at radius 1 is 1.17 bits per heavy atom. The molecule has 0 saturated heterocycles. The number of carbonyl (C=O) groups is 2. The van der Waals surface area contributed by atoms with Gasteiger partial charge in [-0.25, -0.2) is 0 Å². The SMILES string of the molecule is CCOC(=O)C[C@@H]1C(=O)N(Cc2ccccc2)c2cccc(O)c21. The molecule has 0 spiro atoms.